The van der Waals surface area contributed by atoms with E-state index in [2.05, 4.69) is 5.10 Å². The van der Waals surface area contributed by atoms with Crippen molar-refractivity contribution in [2.45, 2.75) is 13.0 Å². The average molecular weight is 340 g/mol. The molecule has 25 heavy (non-hydrogen) atoms. The summed E-state index contributed by atoms with van der Waals surface area (Å²) in [5.41, 5.74) is 1.22. The molecule has 1 aliphatic heterocycles. The smallest absolute Gasteiger partial charge is 0.267 e. The van der Waals surface area contributed by atoms with Crippen molar-refractivity contribution in [3.8, 4) is 11.3 Å². The first-order valence-electron chi connectivity index (χ1n) is 8.23. The van der Waals surface area contributed by atoms with Gasteiger partial charge >= 0.3 is 0 Å². The molecule has 1 atom stereocenters. The zero-order valence-electron chi connectivity index (χ0n) is 14.0. The predicted molar refractivity (Wildman–Crippen MR) is 92.9 cm³/mol. The molecule has 0 radical (unpaired) electrons. The predicted octanol–water partition coefficient (Wildman–Crippen LogP) is 0.772. The van der Waals surface area contributed by atoms with Crippen molar-refractivity contribution in [1.29, 1.82) is 0 Å². The molecule has 0 bridgehead atoms. The third kappa shape index (κ3) is 3.60. The van der Waals surface area contributed by atoms with Gasteiger partial charge in [0.05, 0.1) is 5.69 Å². The Morgan fingerprint density at radius 1 is 1.08 bits per heavy atom. The Kier molecular flexibility index (Phi) is 4.92. The Morgan fingerprint density at radius 3 is 2.40 bits per heavy atom. The van der Waals surface area contributed by atoms with Crippen LogP contribution in [0.15, 0.2) is 47.3 Å². The van der Waals surface area contributed by atoms with E-state index in [1.54, 1.807) is 22.8 Å². The Labute approximate surface area is 145 Å². The Hall–Kier alpha value is -2.96. The lowest BCUT2D eigenvalue weighted by atomic mass is 10.1. The first-order chi connectivity index (χ1) is 12.1. The monoisotopic (exact) mass is 340 g/mol. The van der Waals surface area contributed by atoms with Gasteiger partial charge in [-0.1, -0.05) is 30.3 Å². The van der Waals surface area contributed by atoms with Gasteiger partial charge in [0.15, 0.2) is 0 Å². The summed E-state index contributed by atoms with van der Waals surface area (Å²) < 4.78 is 1.23. The quantitative estimate of drug-likeness (QED) is 0.771. The second kappa shape index (κ2) is 7.29. The van der Waals surface area contributed by atoms with Crippen molar-refractivity contribution in [2.24, 2.45) is 0 Å². The molecule has 2 heterocycles. The summed E-state index contributed by atoms with van der Waals surface area (Å²) in [6, 6.07) is 11.9. The maximum Gasteiger partial charge on any atom is 0.267 e. The summed E-state index contributed by atoms with van der Waals surface area (Å²) in [7, 11) is 0. The standard InChI is InChI=1S/C18H20N4O3/c1-14(18(25)21-11-9-20(13-23)10-12-21)22-17(24)8-7-16(19-22)15-5-3-2-4-6-15/h2-8,13-14H,9-12H2,1H3. The number of rotatable bonds is 4. The first kappa shape index (κ1) is 16.9. The first-order valence-corrected chi connectivity index (χ1v) is 8.23. The lowest BCUT2D eigenvalue weighted by Crippen LogP contribution is -2.50. The normalized spacial score (nSPS) is 15.7. The summed E-state index contributed by atoms with van der Waals surface area (Å²) in [5, 5.41) is 4.38. The fraction of sp³-hybridized carbons (Fsp3) is 0.333. The minimum Gasteiger partial charge on any atom is -0.342 e. The lowest BCUT2D eigenvalue weighted by molar-refractivity contribution is -0.138. The summed E-state index contributed by atoms with van der Waals surface area (Å²) in [6.45, 7) is 3.63. The van der Waals surface area contributed by atoms with Gasteiger partial charge in [0, 0.05) is 37.8 Å². The fourth-order valence-electron chi connectivity index (χ4n) is 2.88. The molecule has 2 amide bonds. The van der Waals surface area contributed by atoms with E-state index in [9.17, 15) is 14.4 Å². The van der Waals surface area contributed by atoms with Crippen LogP contribution in [-0.2, 0) is 9.59 Å². The average Bonchev–Trinajstić information content (AvgIpc) is 2.68. The molecule has 3 rings (SSSR count). The summed E-state index contributed by atoms with van der Waals surface area (Å²) in [5.74, 6) is -0.162. The Morgan fingerprint density at radius 2 is 1.76 bits per heavy atom. The van der Waals surface area contributed by atoms with Crippen LogP contribution in [0.25, 0.3) is 11.3 Å². The van der Waals surface area contributed by atoms with Crippen molar-refractivity contribution in [2.75, 3.05) is 26.2 Å². The highest BCUT2D eigenvalue weighted by Gasteiger charge is 2.26. The van der Waals surface area contributed by atoms with Gasteiger partial charge in [0.25, 0.3) is 5.56 Å². The number of amides is 2. The lowest BCUT2D eigenvalue weighted by Gasteiger charge is -2.34. The molecule has 7 nitrogen and oxygen atoms in total. The Bertz CT molecular complexity index is 811. The van der Waals surface area contributed by atoms with E-state index in [4.69, 9.17) is 0 Å². The van der Waals surface area contributed by atoms with E-state index in [0.29, 0.717) is 31.9 Å². The van der Waals surface area contributed by atoms with Crippen molar-refractivity contribution in [3.05, 3.63) is 52.8 Å². The number of aromatic nitrogens is 2. The number of benzene rings is 1. The highest BCUT2D eigenvalue weighted by atomic mass is 16.2. The van der Waals surface area contributed by atoms with Gasteiger partial charge in [-0.2, -0.15) is 5.10 Å². The molecule has 1 saturated heterocycles. The molecule has 1 fully saturated rings. The van der Waals surface area contributed by atoms with E-state index >= 15 is 0 Å². The van der Waals surface area contributed by atoms with Crippen LogP contribution in [0.2, 0.25) is 0 Å². The van der Waals surface area contributed by atoms with E-state index in [0.717, 1.165) is 12.0 Å². The SMILES string of the molecule is CC(C(=O)N1CCN(C=O)CC1)n1nc(-c2ccccc2)ccc1=O. The molecule has 1 aromatic heterocycles. The van der Waals surface area contributed by atoms with Crippen LogP contribution in [0.1, 0.15) is 13.0 Å². The molecule has 1 aliphatic rings. The van der Waals surface area contributed by atoms with Crippen molar-refractivity contribution < 1.29 is 9.59 Å². The molecule has 0 saturated carbocycles. The van der Waals surface area contributed by atoms with Crippen molar-refractivity contribution in [3.63, 3.8) is 0 Å². The highest BCUT2D eigenvalue weighted by molar-refractivity contribution is 5.80. The fourth-order valence-corrected chi connectivity index (χ4v) is 2.88. The van der Waals surface area contributed by atoms with Crippen molar-refractivity contribution in [1.82, 2.24) is 19.6 Å². The second-order valence-electron chi connectivity index (χ2n) is 6.01. The number of nitrogens with zero attached hydrogens (tertiary/aromatic N) is 4. The van der Waals surface area contributed by atoms with Crippen LogP contribution in [0, 0.1) is 0 Å². The second-order valence-corrected chi connectivity index (χ2v) is 6.01. The molecule has 0 aliphatic carbocycles. The molecule has 2 aromatic rings. The van der Waals surface area contributed by atoms with E-state index in [-0.39, 0.29) is 11.5 Å². The molecule has 130 valence electrons. The molecule has 1 unspecified atom stereocenters. The number of carbonyl (C=O) groups is 2. The molecule has 0 N–H and O–H groups in total. The maximum atomic E-state index is 12.7. The molecule has 7 heteroatoms. The summed E-state index contributed by atoms with van der Waals surface area (Å²) in [4.78, 5) is 39.0. The van der Waals surface area contributed by atoms with Gasteiger partial charge in [0.2, 0.25) is 12.3 Å². The third-order valence-electron chi connectivity index (χ3n) is 4.39. The molecule has 0 spiro atoms. The minimum atomic E-state index is -0.695. The molecular weight excluding hydrogens is 320 g/mol. The van der Waals surface area contributed by atoms with Crippen LogP contribution < -0.4 is 5.56 Å². The van der Waals surface area contributed by atoms with Crippen LogP contribution in [-0.4, -0.2) is 58.1 Å². The maximum absolute atomic E-state index is 12.7. The number of piperazine rings is 1. The summed E-state index contributed by atoms with van der Waals surface area (Å²) in [6.07, 6.45) is 0.792. The Balaban J connectivity index is 1.82. The highest BCUT2D eigenvalue weighted by Crippen LogP contribution is 2.16. The van der Waals surface area contributed by atoms with Gasteiger partial charge in [-0.3, -0.25) is 14.4 Å². The van der Waals surface area contributed by atoms with Crippen LogP contribution in [0.4, 0.5) is 0 Å². The van der Waals surface area contributed by atoms with Crippen molar-refractivity contribution >= 4 is 12.3 Å². The van der Waals surface area contributed by atoms with Crippen LogP contribution in [0.3, 0.4) is 0 Å². The van der Waals surface area contributed by atoms with Gasteiger partial charge in [0.1, 0.15) is 6.04 Å². The number of hydrogen-bond donors (Lipinski definition) is 0. The van der Waals surface area contributed by atoms with Gasteiger partial charge in [-0.25, -0.2) is 4.68 Å². The van der Waals surface area contributed by atoms with Crippen LogP contribution >= 0.6 is 0 Å². The van der Waals surface area contributed by atoms with E-state index in [1.165, 1.54) is 10.7 Å². The number of hydrogen-bond acceptors (Lipinski definition) is 4. The van der Waals surface area contributed by atoms with E-state index in [1.807, 2.05) is 30.3 Å². The van der Waals surface area contributed by atoms with Crippen LogP contribution in [0.5, 0.6) is 0 Å². The summed E-state index contributed by atoms with van der Waals surface area (Å²) >= 11 is 0. The zero-order valence-corrected chi connectivity index (χ0v) is 14.0. The van der Waals surface area contributed by atoms with Gasteiger partial charge in [-0.05, 0) is 13.0 Å². The molecular formula is C18H20N4O3. The van der Waals surface area contributed by atoms with Gasteiger partial charge in [-0.15, -0.1) is 0 Å². The van der Waals surface area contributed by atoms with Gasteiger partial charge < -0.3 is 9.80 Å². The minimum absolute atomic E-state index is 0.162. The molecule has 1 aromatic carbocycles. The zero-order chi connectivity index (χ0) is 17.8. The topological polar surface area (TPSA) is 75.5 Å². The third-order valence-corrected chi connectivity index (χ3v) is 4.39. The van der Waals surface area contributed by atoms with E-state index < -0.39 is 6.04 Å². The largest absolute Gasteiger partial charge is 0.342 e. The number of carbonyl (C=O) groups excluding carboxylic acids is 2.